The Bertz CT molecular complexity index is 3570. The van der Waals surface area contributed by atoms with E-state index < -0.39 is 215 Å². The number of Topliss-reactive ketones (excluding diaryl/α,β-unsaturated/α-hetero) is 3. The average molecular weight is 1600 g/mol. The number of carboxylic acid groups (broad SMARTS) is 2. The molecular weight excluding hydrogens is 1500 g/mol. The number of carbonyl (C=O) groups excluding carboxylic acids is 8. The van der Waals surface area contributed by atoms with Crippen molar-refractivity contribution in [3.05, 3.63) is 71.4 Å². The minimum atomic E-state index is -2.05. The van der Waals surface area contributed by atoms with Gasteiger partial charge in [-0.05, 0) is 170 Å². The Morgan fingerprint density at radius 1 is 0.472 bits per heavy atom. The molecule has 0 heterocycles. The number of rotatable bonds is 12. The summed E-state index contributed by atoms with van der Waals surface area (Å²) in [5, 5.41) is 109. The Morgan fingerprint density at radius 3 is 0.972 bits per heavy atom. The molecule has 0 aromatic heterocycles. The Kier molecular flexibility index (Phi) is 26.7. The molecule has 24 nitrogen and oxygen atoms in total. The monoisotopic (exact) mass is 1600 g/mol. The van der Waals surface area contributed by atoms with E-state index in [1.54, 1.807) is 80.5 Å². The quantitative estimate of drug-likeness (QED) is 0.0569. The van der Waals surface area contributed by atoms with Crippen molar-refractivity contribution in [1.82, 2.24) is 0 Å². The van der Waals surface area contributed by atoms with Crippen molar-refractivity contribution >= 4 is 112 Å². The first-order valence-electron chi connectivity index (χ1n) is 35.1. The minimum Gasteiger partial charge on any atom is -0.480 e. The van der Waals surface area contributed by atoms with Gasteiger partial charge in [0.1, 0.15) is 48.4 Å². The highest BCUT2D eigenvalue weighted by Crippen LogP contribution is 2.74. The van der Waals surface area contributed by atoms with E-state index >= 15 is 13.2 Å². The molecule has 12 rings (SSSR count). The van der Waals surface area contributed by atoms with Crippen LogP contribution in [0.1, 0.15) is 139 Å². The number of aliphatic carboxylic acids is 2. The zero-order chi connectivity index (χ0) is 80.2. The van der Waals surface area contributed by atoms with E-state index in [-0.39, 0.29) is 54.3 Å². The second-order valence-electron chi connectivity index (χ2n) is 31.8. The maximum absolute atomic E-state index is 17.0. The van der Waals surface area contributed by atoms with Crippen LogP contribution in [0.3, 0.4) is 0 Å². The smallest absolute Gasteiger partial charge is 0.332 e. The van der Waals surface area contributed by atoms with Gasteiger partial charge >= 0.3 is 23.9 Å². The number of hydrogen-bond donors (Lipinski definition) is 11. The Labute approximate surface area is 633 Å². The third kappa shape index (κ3) is 14.0. The van der Waals surface area contributed by atoms with Crippen LogP contribution < -0.4 is 0 Å². The Morgan fingerprint density at radius 2 is 0.736 bits per heavy atom. The fourth-order valence-corrected chi connectivity index (χ4v) is 22.2. The SMILES string of the molecule is C[C@@H]1C[C@H]2[C@@H]3CCC4=CC(=O)C=C[C@]4(C)[C@@]3(F)[C@@H](O)C[C@]2(C)[C@@]1(O)C(=O)CO.C[C@@H]1C[C@H]2[C@@H]3CCC4=CC(=O)C=C[C@]4(C)[C@@]3(F)[C@@H](O)C[C@]2(C)[C@@]1(O)C(=O)COC(=O)CCl.C[C@@H]1C[C@H]2[C@@H]3CCC4=CC(=O)C=C[C@]4(C)[C@@]3(F)[C@@H](O)C[C@]2(C)[C@@]1(O)C(=O)COC(=O)CO.O=C(O)CCl.O=C(O)CO.O=S(Cl)Cl. The van der Waals surface area contributed by atoms with Gasteiger partial charge in [-0.25, -0.2) is 27.0 Å². The molecule has 0 spiro atoms. The number of fused-ring (bicyclic) bond motifs is 15. The predicted octanol–water partition coefficient (Wildman–Crippen LogP) is 6.44. The topological polar surface area (TPSA) is 429 Å². The lowest BCUT2D eigenvalue weighted by Crippen LogP contribution is -2.69. The van der Waals surface area contributed by atoms with E-state index in [0.29, 0.717) is 74.5 Å². The Hall–Kier alpha value is -4.92. The van der Waals surface area contributed by atoms with Crippen LogP contribution in [0.2, 0.25) is 0 Å². The molecule has 12 aliphatic carbocycles. The van der Waals surface area contributed by atoms with Gasteiger partial charge in [-0.2, -0.15) is 0 Å². The minimum absolute atomic E-state index is 0.0676. The summed E-state index contributed by atoms with van der Waals surface area (Å²) in [6, 6.07) is 0. The number of esters is 2. The second kappa shape index (κ2) is 32.1. The van der Waals surface area contributed by atoms with E-state index in [9.17, 15) is 78.9 Å². The number of aliphatic hydroxyl groups excluding tert-OH is 6. The lowest BCUT2D eigenvalue weighted by Gasteiger charge is -2.62. The van der Waals surface area contributed by atoms with Crippen LogP contribution in [0.15, 0.2) is 71.4 Å². The summed E-state index contributed by atoms with van der Waals surface area (Å²) in [6.45, 7) is 11.9. The van der Waals surface area contributed by atoms with Crippen molar-refractivity contribution in [1.29, 1.82) is 0 Å². The lowest BCUT2D eigenvalue weighted by molar-refractivity contribution is -0.220. The zero-order valence-electron chi connectivity index (χ0n) is 60.3. The summed E-state index contributed by atoms with van der Waals surface area (Å²) in [5.74, 6) is -11.5. The Balaban J connectivity index is 0.000000203. The largest absolute Gasteiger partial charge is 0.480 e. The molecule has 592 valence electrons. The number of alkyl halides is 5. The first-order valence-corrected chi connectivity index (χ1v) is 39.0. The molecule has 24 atom stereocenters. The number of allylic oxidation sites excluding steroid dienone is 12. The lowest BCUT2D eigenvalue weighted by atomic mass is 9.44. The third-order valence-electron chi connectivity index (χ3n) is 27.3. The first-order chi connectivity index (χ1) is 48.9. The molecule has 12 aliphatic rings. The van der Waals surface area contributed by atoms with E-state index in [1.165, 1.54) is 36.5 Å². The summed E-state index contributed by atoms with van der Waals surface area (Å²) in [5.41, 5.74) is -16.2. The molecule has 0 aromatic rings. The molecule has 32 heteroatoms. The highest BCUT2D eigenvalue weighted by molar-refractivity contribution is 8.26. The van der Waals surface area contributed by atoms with Crippen molar-refractivity contribution in [3.8, 4) is 0 Å². The molecule has 106 heavy (non-hydrogen) atoms. The molecule has 11 N–H and O–H groups in total. The van der Waals surface area contributed by atoms with Gasteiger partial charge in [0.05, 0.1) is 18.3 Å². The number of carboxylic acids is 2. The van der Waals surface area contributed by atoms with Crippen molar-refractivity contribution < 1.29 is 131 Å². The van der Waals surface area contributed by atoms with Crippen molar-refractivity contribution in [2.75, 3.05) is 44.8 Å². The summed E-state index contributed by atoms with van der Waals surface area (Å²) in [6.07, 6.45) is 12.6. The number of aliphatic hydroxyl groups is 9. The highest BCUT2D eigenvalue weighted by atomic mass is 36.0. The van der Waals surface area contributed by atoms with Crippen LogP contribution in [0, 0.1) is 85.8 Å². The standard InChI is InChI=1S/C24H30ClFO6.C24H31FO7.C22H29FO5.C2H3ClO2.C2H4O3.Cl2OS/c1-13-8-17-16-5-4-14-9-15(27)6-7-21(14,2)23(16,26)18(28)10-22(17,3)24(13,31)19(29)12-32-20(30)11-25;1-13-8-17-16-5-4-14-9-15(27)6-7-21(14,2)23(16,25)18(28)10-22(17,3)24(13,31)19(29)12-32-20(30)11-26;1-12-8-16-15-5-4-13-9-14(25)6-7-19(13,2)21(15,23)17(26)10-20(16,3)22(12,28)18(27)11-24;2*3-1-2(4)5;1-4(2)3/h6-7,9,13,16-18,28,31H,4-5,8,10-12H2,1-3H3;6-7,9,13,16-18,26,28,31H,4-5,8,10-12H2,1-3H3;6-7,9,12,15-17,24,26,28H,4-5,8,10-11H2,1-3H3;1H2,(H,4,5);3H,1H2,(H,4,5);/t2*13-,16+,17+,18+,21+,22+,23+,24+;12-,15+,16+,17+,19+,20+,21+,22+;;;/m111.../s1. The van der Waals surface area contributed by atoms with Gasteiger partial charge in [0.2, 0.25) is 20.8 Å². The van der Waals surface area contributed by atoms with Crippen LogP contribution in [0.5, 0.6) is 0 Å². The van der Waals surface area contributed by atoms with Crippen molar-refractivity contribution in [3.63, 3.8) is 0 Å². The molecule has 9 fully saturated rings. The highest BCUT2D eigenvalue weighted by Gasteiger charge is 2.79. The maximum Gasteiger partial charge on any atom is 0.332 e. The summed E-state index contributed by atoms with van der Waals surface area (Å²) in [4.78, 5) is 116. The number of ketones is 6. The van der Waals surface area contributed by atoms with Crippen LogP contribution in [0.4, 0.5) is 13.2 Å². The molecule has 9 saturated carbocycles. The predicted molar refractivity (Wildman–Crippen MR) is 378 cm³/mol. The normalized spacial score (nSPS) is 43.4. The third-order valence-corrected chi connectivity index (χ3v) is 27.7. The molecule has 0 aliphatic heterocycles. The van der Waals surface area contributed by atoms with Crippen molar-refractivity contribution in [2.45, 2.75) is 191 Å². The van der Waals surface area contributed by atoms with Gasteiger partial charge in [-0.1, -0.05) is 76.5 Å². The number of ether oxygens (including phenoxy) is 2. The molecule has 0 aromatic carbocycles. The fourth-order valence-electron chi connectivity index (χ4n) is 22.1. The van der Waals surface area contributed by atoms with Gasteiger partial charge in [-0.3, -0.25) is 38.4 Å². The van der Waals surface area contributed by atoms with Gasteiger partial charge in [0.15, 0.2) is 53.4 Å². The number of hydrogen-bond acceptors (Lipinski definition) is 22. The van der Waals surface area contributed by atoms with E-state index in [2.05, 4.69) is 21.4 Å². The van der Waals surface area contributed by atoms with Gasteiger partial charge < -0.3 is 65.6 Å². The first kappa shape index (κ1) is 88.3. The van der Waals surface area contributed by atoms with Gasteiger partial charge in [0, 0.05) is 71.6 Å². The molecule has 0 unspecified atom stereocenters. The molecule has 0 saturated heterocycles. The van der Waals surface area contributed by atoms with Crippen LogP contribution >= 0.6 is 44.6 Å². The van der Waals surface area contributed by atoms with Crippen LogP contribution in [-0.2, 0) is 66.6 Å². The summed E-state index contributed by atoms with van der Waals surface area (Å²) < 4.78 is 69.7. The maximum atomic E-state index is 17.0. The summed E-state index contributed by atoms with van der Waals surface area (Å²) >= 11 is 10.2. The molecular formula is C74H97Cl4F3O24S. The van der Waals surface area contributed by atoms with Crippen molar-refractivity contribution in [2.24, 2.45) is 85.8 Å². The zero-order valence-corrected chi connectivity index (χ0v) is 64.2. The van der Waals surface area contributed by atoms with E-state index in [1.807, 2.05) is 0 Å². The van der Waals surface area contributed by atoms with Gasteiger partial charge in [-0.15, -0.1) is 23.2 Å². The van der Waals surface area contributed by atoms with Crippen LogP contribution in [-0.4, -0.2) is 216 Å². The number of carbonyl (C=O) groups is 10. The molecule has 0 radical (unpaired) electrons. The van der Waals surface area contributed by atoms with Gasteiger partial charge in [0.25, 0.3) is 0 Å². The van der Waals surface area contributed by atoms with E-state index in [0.717, 1.165) is 0 Å². The molecule has 0 amide bonds. The fraction of sp³-hybridized carbons (Fsp3) is 0.703. The van der Waals surface area contributed by atoms with E-state index in [4.69, 9.17) is 62.1 Å². The van der Waals surface area contributed by atoms with Crippen LogP contribution in [0.25, 0.3) is 0 Å². The number of halogens is 7. The summed E-state index contributed by atoms with van der Waals surface area (Å²) in [7, 11) is 7.36. The second-order valence-corrected chi connectivity index (χ2v) is 34.9. The molecule has 0 bridgehead atoms. The average Bonchev–Trinajstić information content (AvgIpc) is 1.45.